The zero-order chi connectivity index (χ0) is 20.4. The monoisotopic (exact) mass is 390 g/mol. The molecule has 3 rings (SSSR count). The van der Waals surface area contributed by atoms with Crippen LogP contribution in [0.15, 0.2) is 71.7 Å². The maximum atomic E-state index is 13.9. The second kappa shape index (κ2) is 7.67. The van der Waals surface area contributed by atoms with E-state index in [0.29, 0.717) is 23.1 Å². The van der Waals surface area contributed by atoms with Crippen LogP contribution in [0, 0.1) is 0 Å². The van der Waals surface area contributed by atoms with Crippen molar-refractivity contribution in [2.24, 2.45) is 0 Å². The predicted octanol–water partition coefficient (Wildman–Crippen LogP) is 3.82. The Morgan fingerprint density at radius 3 is 2.29 bits per heavy atom. The van der Waals surface area contributed by atoms with Crippen molar-refractivity contribution in [1.82, 2.24) is 4.57 Å². The Morgan fingerprint density at radius 2 is 1.64 bits per heavy atom. The predicted molar refractivity (Wildman–Crippen MR) is 104 cm³/mol. The van der Waals surface area contributed by atoms with E-state index in [1.165, 1.54) is 21.7 Å². The van der Waals surface area contributed by atoms with E-state index in [1.54, 1.807) is 61.5 Å². The molecule has 1 unspecified atom stereocenters. The standard InChI is InChI=1S/C21H21F3N2O2/c1-2-25(16-8-4-3-5-9-16)14-20(28,21(22,23)24)15-26-13-12-19(27)17-10-6-7-11-18(17)26/h3-13,28H,2,14-15H2,1H3. The molecular formula is C21H21F3N2O2. The Labute approximate surface area is 160 Å². The van der Waals surface area contributed by atoms with Crippen molar-refractivity contribution >= 4 is 16.6 Å². The third-order valence-corrected chi connectivity index (χ3v) is 4.80. The summed E-state index contributed by atoms with van der Waals surface area (Å²) in [7, 11) is 0. The first-order valence-corrected chi connectivity index (χ1v) is 8.92. The summed E-state index contributed by atoms with van der Waals surface area (Å²) in [6.45, 7) is 0.684. The van der Waals surface area contributed by atoms with Gasteiger partial charge in [0.25, 0.3) is 0 Å². The average molecular weight is 390 g/mol. The van der Waals surface area contributed by atoms with Gasteiger partial charge >= 0.3 is 6.18 Å². The van der Waals surface area contributed by atoms with E-state index < -0.39 is 24.9 Å². The first-order valence-electron chi connectivity index (χ1n) is 8.92. The van der Waals surface area contributed by atoms with Gasteiger partial charge in [0.05, 0.1) is 18.6 Å². The highest BCUT2D eigenvalue weighted by Gasteiger charge is 2.54. The quantitative estimate of drug-likeness (QED) is 0.696. The van der Waals surface area contributed by atoms with Crippen LogP contribution in [-0.4, -0.2) is 34.5 Å². The molecule has 0 amide bonds. The lowest BCUT2D eigenvalue weighted by Gasteiger charge is -2.37. The molecule has 28 heavy (non-hydrogen) atoms. The van der Waals surface area contributed by atoms with Crippen molar-refractivity contribution in [2.45, 2.75) is 25.2 Å². The maximum absolute atomic E-state index is 13.9. The largest absolute Gasteiger partial charge is 0.420 e. The summed E-state index contributed by atoms with van der Waals surface area (Å²) in [5.74, 6) is 0. The first-order chi connectivity index (χ1) is 13.2. The Hall–Kier alpha value is -2.80. The Morgan fingerprint density at radius 1 is 1.00 bits per heavy atom. The number of alkyl halides is 3. The molecule has 1 aromatic heterocycles. The molecule has 7 heteroatoms. The molecule has 1 heterocycles. The summed E-state index contributed by atoms with van der Waals surface area (Å²) in [5.41, 5.74) is -2.34. The van der Waals surface area contributed by atoms with Crippen LogP contribution in [0.5, 0.6) is 0 Å². The molecule has 1 atom stereocenters. The van der Waals surface area contributed by atoms with Crippen LogP contribution in [0.1, 0.15) is 6.92 Å². The third kappa shape index (κ3) is 3.89. The second-order valence-electron chi connectivity index (χ2n) is 6.70. The molecule has 0 fully saturated rings. The number of aromatic nitrogens is 1. The molecule has 0 radical (unpaired) electrons. The number of hydrogen-bond acceptors (Lipinski definition) is 3. The van der Waals surface area contributed by atoms with Gasteiger partial charge in [-0.25, -0.2) is 0 Å². The molecule has 4 nitrogen and oxygen atoms in total. The van der Waals surface area contributed by atoms with E-state index >= 15 is 0 Å². The summed E-state index contributed by atoms with van der Waals surface area (Å²) >= 11 is 0. The molecule has 3 aromatic rings. The summed E-state index contributed by atoms with van der Waals surface area (Å²) in [5, 5.41) is 11.0. The van der Waals surface area contributed by atoms with Crippen LogP contribution in [0.4, 0.5) is 18.9 Å². The number of nitrogens with zero attached hydrogens (tertiary/aromatic N) is 2. The molecule has 0 saturated heterocycles. The lowest BCUT2D eigenvalue weighted by Crippen LogP contribution is -2.56. The highest BCUT2D eigenvalue weighted by atomic mass is 19.4. The molecule has 2 aromatic carbocycles. The molecule has 1 N–H and O–H groups in total. The van der Waals surface area contributed by atoms with E-state index in [1.807, 2.05) is 0 Å². The van der Waals surface area contributed by atoms with Gasteiger partial charge in [-0.1, -0.05) is 30.3 Å². The average Bonchev–Trinajstić information content (AvgIpc) is 2.68. The fraction of sp³-hybridized carbons (Fsp3) is 0.286. The van der Waals surface area contributed by atoms with Crippen LogP contribution in [0.25, 0.3) is 10.9 Å². The van der Waals surface area contributed by atoms with E-state index in [2.05, 4.69) is 0 Å². The number of para-hydroxylation sites is 2. The van der Waals surface area contributed by atoms with Gasteiger partial charge in [-0.05, 0) is 31.2 Å². The van der Waals surface area contributed by atoms with Gasteiger partial charge in [0.2, 0.25) is 0 Å². The fourth-order valence-electron chi connectivity index (χ4n) is 3.25. The van der Waals surface area contributed by atoms with Gasteiger partial charge in [-0.2, -0.15) is 13.2 Å². The normalized spacial score (nSPS) is 14.0. The topological polar surface area (TPSA) is 45.5 Å². The van der Waals surface area contributed by atoms with Gasteiger partial charge in [0, 0.05) is 29.9 Å². The van der Waals surface area contributed by atoms with Crippen molar-refractivity contribution < 1.29 is 18.3 Å². The van der Waals surface area contributed by atoms with Gasteiger partial charge in [-0.15, -0.1) is 0 Å². The molecule has 0 aliphatic heterocycles. The first kappa shape index (κ1) is 19.9. The minimum atomic E-state index is -4.86. The summed E-state index contributed by atoms with van der Waals surface area (Å²) in [6.07, 6.45) is -3.57. The maximum Gasteiger partial charge on any atom is 0.420 e. The smallest absolute Gasteiger partial charge is 0.378 e. The van der Waals surface area contributed by atoms with Gasteiger partial charge in [0.1, 0.15) is 0 Å². The third-order valence-electron chi connectivity index (χ3n) is 4.80. The van der Waals surface area contributed by atoms with Crippen LogP contribution >= 0.6 is 0 Å². The van der Waals surface area contributed by atoms with Gasteiger partial charge in [0.15, 0.2) is 11.0 Å². The van der Waals surface area contributed by atoms with Crippen molar-refractivity contribution in [3.05, 3.63) is 77.1 Å². The van der Waals surface area contributed by atoms with Crippen molar-refractivity contribution in [1.29, 1.82) is 0 Å². The highest BCUT2D eigenvalue weighted by molar-refractivity contribution is 5.78. The van der Waals surface area contributed by atoms with Crippen LogP contribution in [0.3, 0.4) is 0 Å². The zero-order valence-corrected chi connectivity index (χ0v) is 15.4. The number of fused-ring (bicyclic) bond motifs is 1. The van der Waals surface area contributed by atoms with E-state index in [0.717, 1.165) is 0 Å². The SMILES string of the molecule is CCN(CC(O)(Cn1ccc(=O)c2ccccc21)C(F)(F)F)c1ccccc1. The lowest BCUT2D eigenvalue weighted by molar-refractivity contribution is -0.260. The number of rotatable bonds is 6. The molecule has 0 bridgehead atoms. The number of aliphatic hydroxyl groups is 1. The second-order valence-corrected chi connectivity index (χ2v) is 6.70. The fourth-order valence-corrected chi connectivity index (χ4v) is 3.25. The summed E-state index contributed by atoms with van der Waals surface area (Å²) < 4.78 is 43.1. The van der Waals surface area contributed by atoms with Crippen molar-refractivity contribution in [2.75, 3.05) is 18.0 Å². The number of pyridine rings is 1. The number of anilines is 1. The summed E-state index contributed by atoms with van der Waals surface area (Å²) in [4.78, 5) is 13.5. The van der Waals surface area contributed by atoms with Crippen LogP contribution in [-0.2, 0) is 6.54 Å². The van der Waals surface area contributed by atoms with E-state index in [4.69, 9.17) is 0 Å². The molecular weight excluding hydrogens is 369 g/mol. The Balaban J connectivity index is 2.01. The minimum absolute atomic E-state index is 0.276. The molecule has 148 valence electrons. The van der Waals surface area contributed by atoms with Crippen LogP contribution < -0.4 is 10.3 Å². The van der Waals surface area contributed by atoms with Gasteiger partial charge in [-0.3, -0.25) is 4.79 Å². The number of likely N-dealkylation sites (N-methyl/N-ethyl adjacent to an activating group) is 1. The minimum Gasteiger partial charge on any atom is -0.378 e. The Kier molecular flexibility index (Phi) is 5.47. The molecule has 0 spiro atoms. The number of benzene rings is 2. The van der Waals surface area contributed by atoms with Crippen LogP contribution in [0.2, 0.25) is 0 Å². The van der Waals surface area contributed by atoms with E-state index in [-0.39, 0.29) is 5.43 Å². The number of hydrogen-bond donors (Lipinski definition) is 1. The van der Waals surface area contributed by atoms with Gasteiger partial charge < -0.3 is 14.6 Å². The lowest BCUT2D eigenvalue weighted by atomic mass is 10.0. The molecule has 0 saturated carbocycles. The highest BCUT2D eigenvalue weighted by Crippen LogP contribution is 2.34. The van der Waals surface area contributed by atoms with E-state index in [9.17, 15) is 23.1 Å². The summed E-state index contributed by atoms with van der Waals surface area (Å²) in [6, 6.07) is 16.3. The zero-order valence-electron chi connectivity index (χ0n) is 15.4. The molecule has 0 aliphatic rings. The van der Waals surface area contributed by atoms with Crippen molar-refractivity contribution in [3.8, 4) is 0 Å². The Bertz CT molecular complexity index is 1000. The van der Waals surface area contributed by atoms with Crippen molar-refractivity contribution in [3.63, 3.8) is 0 Å². The number of halogens is 3. The molecule has 0 aliphatic carbocycles.